The topological polar surface area (TPSA) is 68.5 Å². The summed E-state index contributed by atoms with van der Waals surface area (Å²) in [6.45, 7) is 1.79. The number of allylic oxidation sites excluding steroid dienone is 1. The standard InChI is InChI=1S/C26H22ClNO4/c1-3-19-6-4-5-7-23(19)31-17-26(29)32-24-13-8-18(15-25(24)30-2)14-21(16-28)20-9-11-22(27)12-10-20/h4-15H,3,17H2,1-2H3. The molecule has 3 rings (SSSR count). The van der Waals surface area contributed by atoms with Gasteiger partial charge in [0, 0.05) is 5.02 Å². The maximum atomic E-state index is 12.3. The van der Waals surface area contributed by atoms with Gasteiger partial charge in [-0.05, 0) is 59.5 Å². The number of nitrogens with zero attached hydrogens (tertiary/aromatic N) is 1. The number of nitriles is 1. The van der Waals surface area contributed by atoms with Crippen LogP contribution in [0.5, 0.6) is 17.2 Å². The molecule has 0 atom stereocenters. The van der Waals surface area contributed by atoms with Crippen molar-refractivity contribution in [3.05, 3.63) is 88.4 Å². The molecule has 0 aliphatic rings. The molecule has 3 aromatic rings. The molecule has 0 unspecified atom stereocenters. The van der Waals surface area contributed by atoms with E-state index in [0.29, 0.717) is 22.1 Å². The Hall–Kier alpha value is -3.75. The monoisotopic (exact) mass is 447 g/mol. The van der Waals surface area contributed by atoms with E-state index in [1.54, 1.807) is 48.5 Å². The smallest absolute Gasteiger partial charge is 0.349 e. The van der Waals surface area contributed by atoms with Gasteiger partial charge in [-0.2, -0.15) is 5.26 Å². The highest BCUT2D eigenvalue weighted by Crippen LogP contribution is 2.30. The third-order valence-corrected chi connectivity index (χ3v) is 4.95. The van der Waals surface area contributed by atoms with Gasteiger partial charge in [0.1, 0.15) is 5.75 Å². The van der Waals surface area contributed by atoms with Crippen molar-refractivity contribution in [2.45, 2.75) is 13.3 Å². The van der Waals surface area contributed by atoms with Crippen LogP contribution in [0.25, 0.3) is 11.6 Å². The zero-order valence-electron chi connectivity index (χ0n) is 17.8. The average molecular weight is 448 g/mol. The number of benzene rings is 3. The second kappa shape index (κ2) is 11.0. The van der Waals surface area contributed by atoms with Crippen molar-refractivity contribution in [3.8, 4) is 23.3 Å². The Labute approximate surface area is 192 Å². The number of aryl methyl sites for hydroxylation is 1. The number of hydrogen-bond acceptors (Lipinski definition) is 5. The summed E-state index contributed by atoms with van der Waals surface area (Å²) in [5.41, 5.74) is 2.96. The van der Waals surface area contributed by atoms with E-state index in [0.717, 1.165) is 23.1 Å². The van der Waals surface area contributed by atoms with E-state index in [-0.39, 0.29) is 12.4 Å². The van der Waals surface area contributed by atoms with Crippen LogP contribution in [-0.4, -0.2) is 19.7 Å². The Morgan fingerprint density at radius 3 is 2.47 bits per heavy atom. The molecular formula is C26H22ClNO4. The Morgan fingerprint density at radius 2 is 1.78 bits per heavy atom. The van der Waals surface area contributed by atoms with E-state index in [9.17, 15) is 10.1 Å². The zero-order valence-corrected chi connectivity index (χ0v) is 18.6. The van der Waals surface area contributed by atoms with Gasteiger partial charge in [-0.3, -0.25) is 0 Å². The van der Waals surface area contributed by atoms with Gasteiger partial charge in [-0.25, -0.2) is 4.79 Å². The van der Waals surface area contributed by atoms with Crippen LogP contribution < -0.4 is 14.2 Å². The van der Waals surface area contributed by atoms with Gasteiger partial charge < -0.3 is 14.2 Å². The summed E-state index contributed by atoms with van der Waals surface area (Å²) in [6.07, 6.45) is 2.52. The summed E-state index contributed by atoms with van der Waals surface area (Å²) in [4.78, 5) is 12.3. The molecule has 0 fully saturated rings. The Morgan fingerprint density at radius 1 is 1.03 bits per heavy atom. The van der Waals surface area contributed by atoms with E-state index < -0.39 is 5.97 Å². The molecule has 0 radical (unpaired) electrons. The predicted molar refractivity (Wildman–Crippen MR) is 125 cm³/mol. The van der Waals surface area contributed by atoms with Crippen LogP contribution in [-0.2, 0) is 11.2 Å². The van der Waals surface area contributed by atoms with Gasteiger partial charge in [0.25, 0.3) is 0 Å². The lowest BCUT2D eigenvalue weighted by Gasteiger charge is -2.12. The van der Waals surface area contributed by atoms with Gasteiger partial charge in [0.2, 0.25) is 0 Å². The molecule has 0 N–H and O–H groups in total. The highest BCUT2D eigenvalue weighted by molar-refractivity contribution is 6.30. The lowest BCUT2D eigenvalue weighted by Crippen LogP contribution is -2.18. The van der Waals surface area contributed by atoms with Crippen LogP contribution >= 0.6 is 11.6 Å². The molecule has 162 valence electrons. The van der Waals surface area contributed by atoms with Crippen molar-refractivity contribution in [2.24, 2.45) is 0 Å². The highest BCUT2D eigenvalue weighted by atomic mass is 35.5. The Balaban J connectivity index is 1.72. The van der Waals surface area contributed by atoms with E-state index in [1.165, 1.54) is 7.11 Å². The predicted octanol–water partition coefficient (Wildman–Crippen LogP) is 5.96. The highest BCUT2D eigenvalue weighted by Gasteiger charge is 2.13. The normalized spacial score (nSPS) is 10.9. The zero-order chi connectivity index (χ0) is 22.9. The second-order valence-electron chi connectivity index (χ2n) is 6.81. The molecule has 0 saturated heterocycles. The fourth-order valence-corrected chi connectivity index (χ4v) is 3.19. The van der Waals surface area contributed by atoms with Crippen LogP contribution in [0.2, 0.25) is 5.02 Å². The first-order valence-corrected chi connectivity index (χ1v) is 10.4. The van der Waals surface area contributed by atoms with Crippen LogP contribution in [0.15, 0.2) is 66.7 Å². The van der Waals surface area contributed by atoms with Crippen molar-refractivity contribution in [3.63, 3.8) is 0 Å². The number of halogens is 1. The first kappa shape index (κ1) is 22.9. The van der Waals surface area contributed by atoms with Crippen LogP contribution in [0.1, 0.15) is 23.6 Å². The summed E-state index contributed by atoms with van der Waals surface area (Å²) in [5.74, 6) is 0.753. The number of carbonyl (C=O) groups is 1. The number of methoxy groups -OCH3 is 1. The molecule has 5 nitrogen and oxygen atoms in total. The summed E-state index contributed by atoms with van der Waals surface area (Å²) in [5, 5.41) is 10.1. The molecule has 6 heteroatoms. The lowest BCUT2D eigenvalue weighted by molar-refractivity contribution is -0.136. The van der Waals surface area contributed by atoms with E-state index in [1.807, 2.05) is 31.2 Å². The molecule has 32 heavy (non-hydrogen) atoms. The average Bonchev–Trinajstić information content (AvgIpc) is 2.82. The molecule has 0 aromatic heterocycles. The fraction of sp³-hybridized carbons (Fsp3) is 0.154. The van der Waals surface area contributed by atoms with Gasteiger partial charge in [0.05, 0.1) is 18.8 Å². The maximum Gasteiger partial charge on any atom is 0.349 e. The molecule has 0 aliphatic heterocycles. The van der Waals surface area contributed by atoms with E-state index >= 15 is 0 Å². The molecule has 0 bridgehead atoms. The minimum absolute atomic E-state index is 0.225. The maximum absolute atomic E-state index is 12.3. The van der Waals surface area contributed by atoms with Crippen molar-refractivity contribution in [2.75, 3.05) is 13.7 Å². The van der Waals surface area contributed by atoms with Crippen LogP contribution in [0, 0.1) is 11.3 Å². The SMILES string of the molecule is CCc1ccccc1OCC(=O)Oc1ccc(C=C(C#N)c2ccc(Cl)cc2)cc1OC. The van der Waals surface area contributed by atoms with Gasteiger partial charge in [0.15, 0.2) is 18.1 Å². The van der Waals surface area contributed by atoms with Crippen molar-refractivity contribution < 1.29 is 19.0 Å². The van der Waals surface area contributed by atoms with Gasteiger partial charge >= 0.3 is 5.97 Å². The minimum atomic E-state index is -0.545. The molecule has 0 spiro atoms. The minimum Gasteiger partial charge on any atom is -0.493 e. The van der Waals surface area contributed by atoms with Crippen molar-refractivity contribution >= 4 is 29.2 Å². The van der Waals surface area contributed by atoms with E-state index in [4.69, 9.17) is 25.8 Å². The molecule has 3 aromatic carbocycles. The number of hydrogen-bond donors (Lipinski definition) is 0. The molecule has 0 saturated carbocycles. The van der Waals surface area contributed by atoms with Crippen LogP contribution in [0.3, 0.4) is 0 Å². The Kier molecular flexibility index (Phi) is 7.91. The largest absolute Gasteiger partial charge is 0.493 e. The molecule has 0 amide bonds. The number of para-hydroxylation sites is 1. The first-order chi connectivity index (χ1) is 15.5. The number of carbonyl (C=O) groups excluding carboxylic acids is 1. The number of ether oxygens (including phenoxy) is 3. The second-order valence-corrected chi connectivity index (χ2v) is 7.25. The van der Waals surface area contributed by atoms with Crippen molar-refractivity contribution in [1.82, 2.24) is 0 Å². The Bertz CT molecular complexity index is 1160. The third-order valence-electron chi connectivity index (χ3n) is 4.70. The third kappa shape index (κ3) is 5.90. The summed E-state index contributed by atoms with van der Waals surface area (Å²) < 4.78 is 16.4. The number of rotatable bonds is 8. The molecular weight excluding hydrogens is 426 g/mol. The summed E-state index contributed by atoms with van der Waals surface area (Å²) >= 11 is 5.92. The fourth-order valence-electron chi connectivity index (χ4n) is 3.06. The van der Waals surface area contributed by atoms with Gasteiger partial charge in [-0.1, -0.05) is 54.9 Å². The van der Waals surface area contributed by atoms with Gasteiger partial charge in [-0.15, -0.1) is 0 Å². The number of esters is 1. The van der Waals surface area contributed by atoms with Crippen molar-refractivity contribution in [1.29, 1.82) is 5.26 Å². The van der Waals surface area contributed by atoms with E-state index in [2.05, 4.69) is 6.07 Å². The molecule has 0 aliphatic carbocycles. The summed E-state index contributed by atoms with van der Waals surface area (Å²) in [7, 11) is 1.48. The summed E-state index contributed by atoms with van der Waals surface area (Å²) in [6, 6.07) is 21.8. The first-order valence-electron chi connectivity index (χ1n) is 10.0. The quantitative estimate of drug-likeness (QED) is 0.184. The lowest BCUT2D eigenvalue weighted by atomic mass is 10.0. The molecule has 0 heterocycles. The van der Waals surface area contributed by atoms with Crippen LogP contribution in [0.4, 0.5) is 0 Å².